The van der Waals surface area contributed by atoms with E-state index < -0.39 is 5.97 Å². The van der Waals surface area contributed by atoms with Crippen LogP contribution in [0.4, 0.5) is 10.5 Å². The number of fused-ring (bicyclic) bond motifs is 1. The SMILES string of the molecule is O=C(O)c1[nH]c2ccccc2c1CN1CCN(c2ccccc2)C1=O. The molecule has 0 spiro atoms. The van der Waals surface area contributed by atoms with Gasteiger partial charge in [-0.1, -0.05) is 36.4 Å². The molecule has 126 valence electrons. The van der Waals surface area contributed by atoms with Gasteiger partial charge in [-0.15, -0.1) is 0 Å². The van der Waals surface area contributed by atoms with E-state index in [-0.39, 0.29) is 18.3 Å². The van der Waals surface area contributed by atoms with Gasteiger partial charge in [0.25, 0.3) is 0 Å². The second-order valence-electron chi connectivity index (χ2n) is 6.02. The van der Waals surface area contributed by atoms with Crippen LogP contribution in [0.25, 0.3) is 10.9 Å². The molecule has 25 heavy (non-hydrogen) atoms. The molecule has 0 radical (unpaired) electrons. The molecular weight excluding hydrogens is 318 g/mol. The number of nitrogens with zero attached hydrogens (tertiary/aromatic N) is 2. The molecule has 0 saturated carbocycles. The fourth-order valence-electron chi connectivity index (χ4n) is 3.31. The van der Waals surface area contributed by atoms with Crippen LogP contribution in [0, 0.1) is 0 Å². The first-order valence-electron chi connectivity index (χ1n) is 8.09. The standard InChI is InChI=1S/C19H17N3O3/c23-18(24)17-15(14-8-4-5-9-16(14)20-17)12-21-10-11-22(19(21)25)13-6-2-1-3-7-13/h1-9,20H,10-12H2,(H,23,24). The Bertz CT molecular complexity index is 949. The number of carbonyl (C=O) groups excluding carboxylic acids is 1. The number of rotatable bonds is 4. The van der Waals surface area contributed by atoms with Crippen molar-refractivity contribution in [2.45, 2.75) is 6.54 Å². The predicted molar refractivity (Wildman–Crippen MR) is 94.9 cm³/mol. The molecule has 4 rings (SSSR count). The summed E-state index contributed by atoms with van der Waals surface area (Å²) in [4.78, 5) is 30.7. The van der Waals surface area contributed by atoms with Crippen LogP contribution >= 0.6 is 0 Å². The minimum Gasteiger partial charge on any atom is -0.477 e. The van der Waals surface area contributed by atoms with Crippen LogP contribution in [0.5, 0.6) is 0 Å². The Hall–Kier alpha value is -3.28. The number of urea groups is 1. The fourth-order valence-corrected chi connectivity index (χ4v) is 3.31. The number of carboxylic acid groups (broad SMARTS) is 1. The van der Waals surface area contributed by atoms with Crippen LogP contribution in [0.15, 0.2) is 54.6 Å². The number of aromatic carboxylic acids is 1. The second kappa shape index (κ2) is 5.98. The average molecular weight is 335 g/mol. The summed E-state index contributed by atoms with van der Waals surface area (Å²) in [6.45, 7) is 1.42. The maximum absolute atomic E-state index is 12.7. The highest BCUT2D eigenvalue weighted by Gasteiger charge is 2.31. The second-order valence-corrected chi connectivity index (χ2v) is 6.02. The molecule has 2 aromatic carbocycles. The first kappa shape index (κ1) is 15.3. The van der Waals surface area contributed by atoms with Crippen LogP contribution in [0.2, 0.25) is 0 Å². The number of aromatic nitrogens is 1. The van der Waals surface area contributed by atoms with E-state index in [1.54, 1.807) is 9.80 Å². The molecule has 0 bridgehead atoms. The maximum Gasteiger partial charge on any atom is 0.352 e. The number of hydrogen-bond acceptors (Lipinski definition) is 2. The number of nitrogens with one attached hydrogen (secondary N) is 1. The van der Waals surface area contributed by atoms with E-state index in [2.05, 4.69) is 4.98 Å². The van der Waals surface area contributed by atoms with E-state index in [0.29, 0.717) is 18.7 Å². The van der Waals surface area contributed by atoms with Gasteiger partial charge in [-0.25, -0.2) is 9.59 Å². The summed E-state index contributed by atoms with van der Waals surface area (Å²) in [5.41, 5.74) is 2.41. The molecule has 3 aromatic rings. The highest BCUT2D eigenvalue weighted by Crippen LogP contribution is 2.27. The summed E-state index contributed by atoms with van der Waals surface area (Å²) in [6.07, 6.45) is 0. The molecule has 0 unspecified atom stereocenters. The summed E-state index contributed by atoms with van der Waals surface area (Å²) >= 11 is 0. The predicted octanol–water partition coefficient (Wildman–Crippen LogP) is 3.31. The number of aromatic amines is 1. The number of hydrogen-bond donors (Lipinski definition) is 2. The quantitative estimate of drug-likeness (QED) is 0.768. The largest absolute Gasteiger partial charge is 0.477 e. The van der Waals surface area contributed by atoms with E-state index >= 15 is 0 Å². The van der Waals surface area contributed by atoms with Gasteiger partial charge in [0, 0.05) is 35.2 Å². The molecule has 2 amide bonds. The van der Waals surface area contributed by atoms with E-state index in [9.17, 15) is 14.7 Å². The Kier molecular flexibility index (Phi) is 3.65. The van der Waals surface area contributed by atoms with Gasteiger partial charge < -0.3 is 15.0 Å². The molecule has 6 heteroatoms. The molecule has 0 atom stereocenters. The summed E-state index contributed by atoms with van der Waals surface area (Å²) in [5.74, 6) is -1.02. The van der Waals surface area contributed by atoms with Crippen molar-refractivity contribution >= 4 is 28.6 Å². The fraction of sp³-hybridized carbons (Fsp3) is 0.158. The first-order chi connectivity index (χ1) is 12.1. The molecule has 6 nitrogen and oxygen atoms in total. The number of para-hydroxylation sites is 2. The number of anilines is 1. The molecule has 1 aliphatic rings. The molecule has 1 aromatic heterocycles. The molecule has 1 saturated heterocycles. The van der Waals surface area contributed by atoms with Crippen molar-refractivity contribution in [3.8, 4) is 0 Å². The minimum absolute atomic E-state index is 0.104. The number of carboxylic acids is 1. The lowest BCUT2D eigenvalue weighted by molar-refractivity contribution is 0.0689. The summed E-state index contributed by atoms with van der Waals surface area (Å²) in [7, 11) is 0. The van der Waals surface area contributed by atoms with Crippen molar-refractivity contribution in [3.05, 3.63) is 65.9 Å². The Morgan fingerprint density at radius 2 is 1.76 bits per heavy atom. The topological polar surface area (TPSA) is 76.6 Å². The van der Waals surface area contributed by atoms with Crippen molar-refractivity contribution in [2.75, 3.05) is 18.0 Å². The van der Waals surface area contributed by atoms with Gasteiger partial charge in [-0.05, 0) is 18.2 Å². The van der Waals surface area contributed by atoms with E-state index in [0.717, 1.165) is 16.6 Å². The van der Waals surface area contributed by atoms with Gasteiger partial charge >= 0.3 is 12.0 Å². The van der Waals surface area contributed by atoms with E-state index in [1.165, 1.54) is 0 Å². The number of carbonyl (C=O) groups is 2. The zero-order valence-corrected chi connectivity index (χ0v) is 13.5. The average Bonchev–Trinajstić information content (AvgIpc) is 3.18. The lowest BCUT2D eigenvalue weighted by Gasteiger charge is -2.19. The molecule has 2 heterocycles. The third kappa shape index (κ3) is 2.61. The Balaban J connectivity index is 1.65. The summed E-state index contributed by atoms with van der Waals surface area (Å²) < 4.78 is 0. The van der Waals surface area contributed by atoms with E-state index in [1.807, 2.05) is 54.6 Å². The van der Waals surface area contributed by atoms with Gasteiger partial charge in [0.15, 0.2) is 0 Å². The molecular formula is C19H17N3O3. The lowest BCUT2D eigenvalue weighted by Crippen LogP contribution is -2.31. The molecule has 2 N–H and O–H groups in total. The number of benzene rings is 2. The van der Waals surface area contributed by atoms with Gasteiger partial charge in [0.05, 0.1) is 6.54 Å². The Labute approximate surface area is 144 Å². The minimum atomic E-state index is -1.02. The van der Waals surface area contributed by atoms with Crippen LogP contribution in [-0.4, -0.2) is 40.1 Å². The van der Waals surface area contributed by atoms with Crippen molar-refractivity contribution in [1.29, 1.82) is 0 Å². The molecule has 0 aliphatic carbocycles. The zero-order valence-electron chi connectivity index (χ0n) is 13.5. The molecule has 1 aliphatic heterocycles. The monoisotopic (exact) mass is 335 g/mol. The Morgan fingerprint density at radius 1 is 1.04 bits per heavy atom. The van der Waals surface area contributed by atoms with Crippen molar-refractivity contribution in [2.24, 2.45) is 0 Å². The first-order valence-corrected chi connectivity index (χ1v) is 8.09. The van der Waals surface area contributed by atoms with Crippen LogP contribution < -0.4 is 4.90 Å². The third-order valence-corrected chi connectivity index (χ3v) is 4.54. The van der Waals surface area contributed by atoms with Gasteiger partial charge in [-0.3, -0.25) is 4.90 Å². The van der Waals surface area contributed by atoms with Gasteiger partial charge in [0.2, 0.25) is 0 Å². The van der Waals surface area contributed by atoms with Crippen LogP contribution in [-0.2, 0) is 6.54 Å². The van der Waals surface area contributed by atoms with Crippen molar-refractivity contribution in [1.82, 2.24) is 9.88 Å². The zero-order chi connectivity index (χ0) is 17.4. The van der Waals surface area contributed by atoms with Crippen molar-refractivity contribution in [3.63, 3.8) is 0 Å². The van der Waals surface area contributed by atoms with Crippen LogP contribution in [0.3, 0.4) is 0 Å². The lowest BCUT2D eigenvalue weighted by atomic mass is 10.1. The van der Waals surface area contributed by atoms with Crippen LogP contribution in [0.1, 0.15) is 16.1 Å². The third-order valence-electron chi connectivity index (χ3n) is 4.54. The summed E-state index contributed by atoms with van der Waals surface area (Å²) in [5, 5.41) is 10.3. The highest BCUT2D eigenvalue weighted by molar-refractivity contribution is 5.98. The highest BCUT2D eigenvalue weighted by atomic mass is 16.4. The summed E-state index contributed by atoms with van der Waals surface area (Å²) in [6, 6.07) is 16.8. The van der Waals surface area contributed by atoms with Crippen molar-refractivity contribution < 1.29 is 14.7 Å². The normalized spacial score (nSPS) is 14.5. The Morgan fingerprint density at radius 3 is 2.52 bits per heavy atom. The van der Waals surface area contributed by atoms with Gasteiger partial charge in [0.1, 0.15) is 5.69 Å². The number of H-pyrrole nitrogens is 1. The molecule has 1 fully saturated rings. The smallest absolute Gasteiger partial charge is 0.352 e. The number of amides is 2. The van der Waals surface area contributed by atoms with E-state index in [4.69, 9.17) is 0 Å². The van der Waals surface area contributed by atoms with Gasteiger partial charge in [-0.2, -0.15) is 0 Å². The maximum atomic E-state index is 12.7.